The van der Waals surface area contributed by atoms with Crippen molar-refractivity contribution >= 4 is 5.91 Å². The number of nitrogens with zero attached hydrogens (tertiary/aromatic N) is 1. The molecule has 0 aliphatic heterocycles. The molecule has 25 heavy (non-hydrogen) atoms. The van der Waals surface area contributed by atoms with Crippen LogP contribution in [0.5, 0.6) is 11.6 Å². The van der Waals surface area contributed by atoms with Gasteiger partial charge >= 0.3 is 0 Å². The first-order chi connectivity index (χ1) is 11.9. The summed E-state index contributed by atoms with van der Waals surface area (Å²) in [6.07, 6.45) is 3.02. The summed E-state index contributed by atoms with van der Waals surface area (Å²) < 4.78 is 33.0. The van der Waals surface area contributed by atoms with Crippen molar-refractivity contribution in [1.29, 1.82) is 0 Å². The first-order valence-corrected chi connectivity index (χ1v) is 8.13. The number of hydrogen-bond acceptors (Lipinski definition) is 4. The highest BCUT2D eigenvalue weighted by Crippen LogP contribution is 2.35. The standard InChI is InChI=1S/C18H19F2N3O2/c19-11-3-7-13(8-4-11)25-18-14(17(22)24)9-15(20)16(23-18)10-1-5-12(21)6-2-10/h3-4,7-10,12H,1-2,5-6,21H2,(H2,22,24). The summed E-state index contributed by atoms with van der Waals surface area (Å²) in [5.41, 5.74) is 11.3. The van der Waals surface area contributed by atoms with Gasteiger partial charge in [0, 0.05) is 12.0 Å². The Morgan fingerprint density at radius 1 is 1.12 bits per heavy atom. The fraction of sp³-hybridized carbons (Fsp3) is 0.333. The molecular formula is C18H19F2N3O2. The van der Waals surface area contributed by atoms with Gasteiger partial charge in [0.05, 0.1) is 5.69 Å². The number of benzene rings is 1. The lowest BCUT2D eigenvalue weighted by Crippen LogP contribution is -2.26. The SMILES string of the molecule is NC(=O)c1cc(F)c(C2CCC(N)CC2)nc1Oc1ccc(F)cc1. The minimum absolute atomic E-state index is 0.0784. The van der Waals surface area contributed by atoms with Crippen LogP contribution < -0.4 is 16.2 Å². The highest BCUT2D eigenvalue weighted by molar-refractivity contribution is 5.95. The number of carbonyl (C=O) groups excluding carboxylic acids is 1. The van der Waals surface area contributed by atoms with Gasteiger partial charge in [-0.25, -0.2) is 13.8 Å². The van der Waals surface area contributed by atoms with E-state index < -0.39 is 17.5 Å². The van der Waals surface area contributed by atoms with Crippen LogP contribution in [0.2, 0.25) is 0 Å². The maximum atomic E-state index is 14.5. The number of hydrogen-bond donors (Lipinski definition) is 2. The second kappa shape index (κ2) is 7.14. The van der Waals surface area contributed by atoms with Gasteiger partial charge in [0.1, 0.15) is 22.9 Å². The number of amides is 1. The lowest BCUT2D eigenvalue weighted by Gasteiger charge is -2.26. The fourth-order valence-corrected chi connectivity index (χ4v) is 3.03. The summed E-state index contributed by atoms with van der Waals surface area (Å²) in [7, 11) is 0. The topological polar surface area (TPSA) is 91.2 Å². The van der Waals surface area contributed by atoms with Gasteiger partial charge < -0.3 is 16.2 Å². The van der Waals surface area contributed by atoms with Gasteiger partial charge in [0.25, 0.3) is 5.91 Å². The average Bonchev–Trinajstić information content (AvgIpc) is 2.59. The predicted molar refractivity (Wildman–Crippen MR) is 88.4 cm³/mol. The Labute approximate surface area is 144 Å². The summed E-state index contributed by atoms with van der Waals surface area (Å²) in [6.45, 7) is 0. The van der Waals surface area contributed by atoms with Crippen molar-refractivity contribution in [3.8, 4) is 11.6 Å². The molecule has 1 fully saturated rings. The first kappa shape index (κ1) is 17.3. The molecule has 0 bridgehead atoms. The van der Waals surface area contributed by atoms with Crippen molar-refractivity contribution in [2.24, 2.45) is 11.5 Å². The number of carbonyl (C=O) groups is 1. The first-order valence-electron chi connectivity index (χ1n) is 8.13. The molecule has 4 N–H and O–H groups in total. The molecule has 5 nitrogen and oxygen atoms in total. The molecule has 1 aliphatic carbocycles. The second-order valence-electron chi connectivity index (χ2n) is 6.24. The Hall–Kier alpha value is -2.54. The van der Waals surface area contributed by atoms with Crippen LogP contribution in [0.15, 0.2) is 30.3 Å². The van der Waals surface area contributed by atoms with Crippen LogP contribution >= 0.6 is 0 Å². The largest absolute Gasteiger partial charge is 0.438 e. The van der Waals surface area contributed by atoms with E-state index in [4.69, 9.17) is 16.2 Å². The van der Waals surface area contributed by atoms with Crippen molar-refractivity contribution in [2.45, 2.75) is 37.6 Å². The van der Waals surface area contributed by atoms with E-state index in [1.807, 2.05) is 0 Å². The Morgan fingerprint density at radius 2 is 1.76 bits per heavy atom. The monoisotopic (exact) mass is 347 g/mol. The lowest BCUT2D eigenvalue weighted by molar-refractivity contribution is 0.0996. The normalized spacial score (nSPS) is 20.3. The molecule has 1 heterocycles. The van der Waals surface area contributed by atoms with Crippen molar-refractivity contribution < 1.29 is 18.3 Å². The van der Waals surface area contributed by atoms with Gasteiger partial charge in [0.15, 0.2) is 0 Å². The summed E-state index contributed by atoms with van der Waals surface area (Å²) in [5.74, 6) is -1.74. The minimum atomic E-state index is -0.847. The van der Waals surface area contributed by atoms with E-state index in [1.165, 1.54) is 24.3 Å². The van der Waals surface area contributed by atoms with Gasteiger partial charge in [-0.2, -0.15) is 0 Å². The van der Waals surface area contributed by atoms with Crippen LogP contribution in [0.4, 0.5) is 8.78 Å². The van der Waals surface area contributed by atoms with Crippen LogP contribution in [0.25, 0.3) is 0 Å². The van der Waals surface area contributed by atoms with E-state index in [1.54, 1.807) is 0 Å². The molecule has 7 heteroatoms. The molecular weight excluding hydrogens is 328 g/mol. The molecule has 1 aliphatic rings. The zero-order valence-corrected chi connectivity index (χ0v) is 13.5. The maximum Gasteiger partial charge on any atom is 0.254 e. The minimum Gasteiger partial charge on any atom is -0.438 e. The van der Waals surface area contributed by atoms with Crippen LogP contribution in [0.3, 0.4) is 0 Å². The molecule has 1 aromatic carbocycles. The van der Waals surface area contributed by atoms with Crippen molar-refractivity contribution in [2.75, 3.05) is 0 Å². The van der Waals surface area contributed by atoms with Gasteiger partial charge in [-0.1, -0.05) is 0 Å². The van der Waals surface area contributed by atoms with E-state index in [0.717, 1.165) is 31.7 Å². The Morgan fingerprint density at radius 3 is 2.36 bits per heavy atom. The molecule has 0 atom stereocenters. The summed E-state index contributed by atoms with van der Waals surface area (Å²) in [4.78, 5) is 15.8. The Kier molecular flexibility index (Phi) is 4.94. The van der Waals surface area contributed by atoms with E-state index in [-0.39, 0.29) is 34.8 Å². The highest BCUT2D eigenvalue weighted by Gasteiger charge is 2.26. The lowest BCUT2D eigenvalue weighted by atomic mass is 9.84. The van der Waals surface area contributed by atoms with Crippen molar-refractivity contribution in [1.82, 2.24) is 4.98 Å². The number of ether oxygens (including phenoxy) is 1. The molecule has 2 aromatic rings. The van der Waals surface area contributed by atoms with Crippen LogP contribution in [-0.2, 0) is 0 Å². The third-order valence-corrected chi connectivity index (χ3v) is 4.42. The summed E-state index contributed by atoms with van der Waals surface area (Å²) >= 11 is 0. The zero-order valence-electron chi connectivity index (χ0n) is 13.5. The van der Waals surface area contributed by atoms with Crippen molar-refractivity contribution in [3.63, 3.8) is 0 Å². The molecule has 132 valence electrons. The number of aromatic nitrogens is 1. The smallest absolute Gasteiger partial charge is 0.254 e. The molecule has 0 saturated heterocycles. The molecule has 1 aromatic heterocycles. The van der Waals surface area contributed by atoms with Gasteiger partial charge in [-0.3, -0.25) is 4.79 Å². The number of pyridine rings is 1. The number of halogens is 2. The van der Waals surface area contributed by atoms with Gasteiger partial charge in [-0.05, 0) is 56.0 Å². The molecule has 0 spiro atoms. The van der Waals surface area contributed by atoms with Crippen molar-refractivity contribution in [3.05, 3.63) is 53.2 Å². The summed E-state index contributed by atoms with van der Waals surface area (Å²) in [6, 6.07) is 6.39. The average molecular weight is 347 g/mol. The Balaban J connectivity index is 1.95. The number of primary amides is 1. The van der Waals surface area contributed by atoms with Crippen LogP contribution in [0.1, 0.15) is 47.7 Å². The van der Waals surface area contributed by atoms with Crippen LogP contribution in [0, 0.1) is 11.6 Å². The van der Waals surface area contributed by atoms with E-state index >= 15 is 0 Å². The van der Waals surface area contributed by atoms with Gasteiger partial charge in [-0.15, -0.1) is 0 Å². The molecule has 0 radical (unpaired) electrons. The Bertz CT molecular complexity index is 773. The van der Waals surface area contributed by atoms with Gasteiger partial charge in [0.2, 0.25) is 5.88 Å². The third kappa shape index (κ3) is 3.93. The number of nitrogens with two attached hydrogens (primary N) is 2. The number of rotatable bonds is 4. The molecule has 3 rings (SSSR count). The van der Waals surface area contributed by atoms with E-state index in [0.29, 0.717) is 0 Å². The molecule has 1 saturated carbocycles. The van der Waals surface area contributed by atoms with Crippen LogP contribution in [-0.4, -0.2) is 16.9 Å². The van der Waals surface area contributed by atoms with E-state index in [9.17, 15) is 13.6 Å². The highest BCUT2D eigenvalue weighted by atomic mass is 19.1. The fourth-order valence-electron chi connectivity index (χ4n) is 3.03. The molecule has 0 unspecified atom stereocenters. The maximum absolute atomic E-state index is 14.5. The zero-order chi connectivity index (χ0) is 18.0. The quantitative estimate of drug-likeness (QED) is 0.888. The third-order valence-electron chi connectivity index (χ3n) is 4.42. The summed E-state index contributed by atoms with van der Waals surface area (Å²) in [5, 5.41) is 0. The second-order valence-corrected chi connectivity index (χ2v) is 6.24. The van der Waals surface area contributed by atoms with E-state index in [2.05, 4.69) is 4.98 Å². The predicted octanol–water partition coefficient (Wildman–Crippen LogP) is 3.24. The molecule has 1 amide bonds.